The number of para-hydroxylation sites is 1. The van der Waals surface area contributed by atoms with Gasteiger partial charge >= 0.3 is 5.97 Å². The van der Waals surface area contributed by atoms with Crippen LogP contribution in [0.1, 0.15) is 18.9 Å². The highest BCUT2D eigenvalue weighted by Gasteiger charge is 2.40. The molecule has 0 amide bonds. The molecule has 0 aliphatic carbocycles. The van der Waals surface area contributed by atoms with Gasteiger partial charge in [0.05, 0.1) is 17.0 Å². The Labute approximate surface area is 92.6 Å². The van der Waals surface area contributed by atoms with Crippen LogP contribution in [-0.2, 0) is 10.2 Å². The lowest BCUT2D eigenvalue weighted by atomic mass is 9.78. The monoisotopic (exact) mass is 226 g/mol. The van der Waals surface area contributed by atoms with Crippen molar-refractivity contribution in [3.05, 3.63) is 28.8 Å². The highest BCUT2D eigenvalue weighted by molar-refractivity contribution is 6.32. The summed E-state index contributed by atoms with van der Waals surface area (Å²) in [7, 11) is 0. The van der Waals surface area contributed by atoms with E-state index in [0.29, 0.717) is 29.4 Å². The number of fused-ring (bicyclic) bond motifs is 1. The number of ether oxygens (including phenoxy) is 1. The molecule has 0 radical (unpaired) electrons. The van der Waals surface area contributed by atoms with Gasteiger partial charge in [-0.1, -0.05) is 23.7 Å². The van der Waals surface area contributed by atoms with Crippen LogP contribution >= 0.6 is 11.6 Å². The van der Waals surface area contributed by atoms with Gasteiger partial charge < -0.3 is 9.84 Å². The van der Waals surface area contributed by atoms with E-state index in [1.807, 2.05) is 0 Å². The summed E-state index contributed by atoms with van der Waals surface area (Å²) in [4.78, 5) is 11.3. The zero-order chi connectivity index (χ0) is 11.1. The summed E-state index contributed by atoms with van der Waals surface area (Å²) in [6.45, 7) is 2.09. The quantitative estimate of drug-likeness (QED) is 0.800. The van der Waals surface area contributed by atoms with E-state index in [1.54, 1.807) is 25.1 Å². The SMILES string of the molecule is CC1(C(=O)O)CCOc2c(Cl)cccc21. The molecular weight excluding hydrogens is 216 g/mol. The van der Waals surface area contributed by atoms with E-state index in [4.69, 9.17) is 16.3 Å². The molecule has 2 rings (SSSR count). The van der Waals surface area contributed by atoms with Gasteiger partial charge in [-0.05, 0) is 13.0 Å². The van der Waals surface area contributed by atoms with Gasteiger partial charge in [0.1, 0.15) is 5.75 Å². The zero-order valence-electron chi connectivity index (χ0n) is 8.29. The molecule has 0 bridgehead atoms. The minimum atomic E-state index is -0.890. The van der Waals surface area contributed by atoms with Crippen LogP contribution in [-0.4, -0.2) is 17.7 Å². The number of carboxylic acid groups (broad SMARTS) is 1. The fourth-order valence-corrected chi connectivity index (χ4v) is 2.03. The van der Waals surface area contributed by atoms with Gasteiger partial charge in [0.15, 0.2) is 0 Å². The van der Waals surface area contributed by atoms with Gasteiger partial charge in [-0.3, -0.25) is 4.79 Å². The number of aliphatic carboxylic acids is 1. The summed E-state index contributed by atoms with van der Waals surface area (Å²) in [5.41, 5.74) is -0.230. The number of halogens is 1. The van der Waals surface area contributed by atoms with Crippen molar-refractivity contribution in [3.8, 4) is 5.75 Å². The Morgan fingerprint density at radius 3 is 3.00 bits per heavy atom. The standard InChI is InChI=1S/C11H11ClO3/c1-11(10(13)14)5-6-15-9-7(11)3-2-4-8(9)12/h2-4H,5-6H2,1H3,(H,13,14). The van der Waals surface area contributed by atoms with Gasteiger partial charge in [0.25, 0.3) is 0 Å². The molecule has 1 aliphatic rings. The molecule has 0 saturated heterocycles. The number of hydrogen-bond donors (Lipinski definition) is 1. The molecule has 1 aromatic carbocycles. The van der Waals surface area contributed by atoms with Crippen molar-refractivity contribution in [2.24, 2.45) is 0 Å². The highest BCUT2D eigenvalue weighted by atomic mass is 35.5. The molecule has 1 N–H and O–H groups in total. The Morgan fingerprint density at radius 2 is 2.33 bits per heavy atom. The Hall–Kier alpha value is -1.22. The predicted octanol–water partition coefficient (Wildman–Crippen LogP) is 2.46. The number of benzene rings is 1. The first-order valence-corrected chi connectivity index (χ1v) is 5.09. The van der Waals surface area contributed by atoms with E-state index >= 15 is 0 Å². The van der Waals surface area contributed by atoms with Crippen LogP contribution < -0.4 is 4.74 Å². The summed E-state index contributed by atoms with van der Waals surface area (Å²) in [5, 5.41) is 9.71. The van der Waals surface area contributed by atoms with Crippen LogP contribution in [0.4, 0.5) is 0 Å². The number of carboxylic acids is 1. The van der Waals surface area contributed by atoms with Crippen LogP contribution in [0.15, 0.2) is 18.2 Å². The average molecular weight is 227 g/mol. The molecule has 0 fully saturated rings. The summed E-state index contributed by atoms with van der Waals surface area (Å²) >= 11 is 5.96. The van der Waals surface area contributed by atoms with Crippen LogP contribution in [0.25, 0.3) is 0 Å². The topological polar surface area (TPSA) is 46.5 Å². The maximum atomic E-state index is 11.3. The summed E-state index contributed by atoms with van der Waals surface area (Å²) in [6, 6.07) is 5.21. The van der Waals surface area contributed by atoms with Crippen molar-refractivity contribution in [1.29, 1.82) is 0 Å². The van der Waals surface area contributed by atoms with E-state index in [0.717, 1.165) is 0 Å². The van der Waals surface area contributed by atoms with Gasteiger partial charge in [-0.25, -0.2) is 0 Å². The van der Waals surface area contributed by atoms with Crippen molar-refractivity contribution >= 4 is 17.6 Å². The molecule has 1 heterocycles. The maximum absolute atomic E-state index is 11.3. The summed E-state index contributed by atoms with van der Waals surface area (Å²) < 4.78 is 5.40. The zero-order valence-corrected chi connectivity index (χ0v) is 9.04. The minimum absolute atomic E-state index is 0.388. The van der Waals surface area contributed by atoms with Crippen LogP contribution in [0.2, 0.25) is 5.02 Å². The number of hydrogen-bond acceptors (Lipinski definition) is 2. The fraction of sp³-hybridized carbons (Fsp3) is 0.364. The van der Waals surface area contributed by atoms with E-state index in [9.17, 15) is 9.90 Å². The number of carbonyl (C=O) groups is 1. The lowest BCUT2D eigenvalue weighted by molar-refractivity contribution is -0.144. The summed E-state index contributed by atoms with van der Waals surface area (Å²) in [6.07, 6.45) is 0.468. The Bertz CT molecular complexity index is 416. The molecule has 15 heavy (non-hydrogen) atoms. The molecule has 1 atom stereocenters. The van der Waals surface area contributed by atoms with Gasteiger partial charge in [0, 0.05) is 12.0 Å². The van der Waals surface area contributed by atoms with Gasteiger partial charge in [-0.15, -0.1) is 0 Å². The second-order valence-electron chi connectivity index (χ2n) is 3.85. The van der Waals surface area contributed by atoms with E-state index in [2.05, 4.69) is 0 Å². The first kappa shape index (κ1) is 10.3. The minimum Gasteiger partial charge on any atom is -0.492 e. The molecule has 80 valence electrons. The van der Waals surface area contributed by atoms with Crippen LogP contribution in [0.3, 0.4) is 0 Å². The Kier molecular flexibility index (Phi) is 2.35. The van der Waals surface area contributed by atoms with Crippen molar-refractivity contribution in [2.75, 3.05) is 6.61 Å². The van der Waals surface area contributed by atoms with E-state index < -0.39 is 11.4 Å². The second kappa shape index (κ2) is 3.42. The molecule has 0 saturated carbocycles. The van der Waals surface area contributed by atoms with E-state index in [-0.39, 0.29) is 0 Å². The normalized spacial score (nSPS) is 24.1. The molecule has 3 nitrogen and oxygen atoms in total. The second-order valence-corrected chi connectivity index (χ2v) is 4.26. The fourth-order valence-electron chi connectivity index (χ4n) is 1.80. The third kappa shape index (κ3) is 1.47. The molecule has 1 aromatic rings. The third-order valence-corrected chi connectivity index (χ3v) is 3.18. The van der Waals surface area contributed by atoms with Crippen molar-refractivity contribution < 1.29 is 14.6 Å². The van der Waals surface area contributed by atoms with Crippen molar-refractivity contribution in [2.45, 2.75) is 18.8 Å². The first-order valence-electron chi connectivity index (χ1n) is 4.71. The maximum Gasteiger partial charge on any atom is 0.314 e. The molecule has 1 aliphatic heterocycles. The molecule has 0 aromatic heterocycles. The molecular formula is C11H11ClO3. The first-order chi connectivity index (χ1) is 7.05. The Balaban J connectivity index is 2.61. The van der Waals surface area contributed by atoms with Crippen LogP contribution in [0, 0.1) is 0 Å². The summed E-state index contributed by atoms with van der Waals surface area (Å²) in [5.74, 6) is -0.329. The van der Waals surface area contributed by atoms with Crippen molar-refractivity contribution in [1.82, 2.24) is 0 Å². The van der Waals surface area contributed by atoms with Crippen molar-refractivity contribution in [3.63, 3.8) is 0 Å². The van der Waals surface area contributed by atoms with Crippen LogP contribution in [0.5, 0.6) is 5.75 Å². The molecule has 0 spiro atoms. The lowest BCUT2D eigenvalue weighted by Crippen LogP contribution is -2.37. The molecule has 4 heteroatoms. The Morgan fingerprint density at radius 1 is 1.60 bits per heavy atom. The smallest absolute Gasteiger partial charge is 0.314 e. The third-order valence-electron chi connectivity index (χ3n) is 2.88. The lowest BCUT2D eigenvalue weighted by Gasteiger charge is -2.32. The van der Waals surface area contributed by atoms with E-state index in [1.165, 1.54) is 0 Å². The predicted molar refractivity (Wildman–Crippen MR) is 56.6 cm³/mol. The average Bonchev–Trinajstić information content (AvgIpc) is 2.20. The number of rotatable bonds is 1. The highest BCUT2D eigenvalue weighted by Crippen LogP contribution is 2.42. The molecule has 1 unspecified atom stereocenters. The van der Waals surface area contributed by atoms with Gasteiger partial charge in [0.2, 0.25) is 0 Å². The largest absolute Gasteiger partial charge is 0.492 e. The van der Waals surface area contributed by atoms with Gasteiger partial charge in [-0.2, -0.15) is 0 Å².